The van der Waals surface area contributed by atoms with Crippen molar-refractivity contribution in [3.8, 4) is 11.4 Å². The van der Waals surface area contributed by atoms with Crippen LogP contribution in [-0.2, 0) is 13.0 Å². The molecular weight excluding hydrogens is 436 g/mol. The average molecular weight is 469 g/mol. The third-order valence-corrected chi connectivity index (χ3v) is 6.94. The largest absolute Gasteiger partial charge is 0.491 e. The van der Waals surface area contributed by atoms with Gasteiger partial charge in [-0.1, -0.05) is 42.0 Å². The SMILES string of the molecule is CC(=O)c1c(C)n(-c2ccc(C)cc2)c2ccc(OC[C@@H](O)CN3CCc4ccccc4C3)cc12. The lowest BCUT2D eigenvalue weighted by atomic mass is 10.00. The molecule has 0 saturated heterocycles. The predicted octanol–water partition coefficient (Wildman–Crippen LogP) is 5.25. The molecule has 2 heterocycles. The maximum absolute atomic E-state index is 12.6. The number of ether oxygens (including phenoxy) is 1. The molecular formula is C30H32N2O3. The molecule has 5 rings (SSSR count). The van der Waals surface area contributed by atoms with Gasteiger partial charge in [0.25, 0.3) is 0 Å². The van der Waals surface area contributed by atoms with Crippen LogP contribution >= 0.6 is 0 Å². The number of aliphatic hydroxyl groups excluding tert-OH is 1. The fourth-order valence-corrected chi connectivity index (χ4v) is 5.21. The molecule has 5 heteroatoms. The summed E-state index contributed by atoms with van der Waals surface area (Å²) in [5, 5.41) is 11.5. The molecule has 4 aromatic rings. The fourth-order valence-electron chi connectivity index (χ4n) is 5.21. The molecule has 1 aliphatic heterocycles. The van der Waals surface area contributed by atoms with E-state index >= 15 is 0 Å². The van der Waals surface area contributed by atoms with Gasteiger partial charge in [0, 0.05) is 42.0 Å². The number of benzene rings is 3. The number of aliphatic hydroxyl groups is 1. The summed E-state index contributed by atoms with van der Waals surface area (Å²) >= 11 is 0. The molecule has 0 saturated carbocycles. The van der Waals surface area contributed by atoms with E-state index in [0.29, 0.717) is 17.9 Å². The van der Waals surface area contributed by atoms with Crippen molar-refractivity contribution in [2.24, 2.45) is 0 Å². The Morgan fingerprint density at radius 2 is 1.77 bits per heavy atom. The van der Waals surface area contributed by atoms with Crippen molar-refractivity contribution in [3.05, 3.63) is 94.7 Å². The Hall–Kier alpha value is -3.41. The zero-order chi connectivity index (χ0) is 24.5. The number of hydrogen-bond donors (Lipinski definition) is 1. The van der Waals surface area contributed by atoms with Gasteiger partial charge in [-0.15, -0.1) is 0 Å². The molecule has 0 spiro atoms. The summed E-state index contributed by atoms with van der Waals surface area (Å²) in [7, 11) is 0. The van der Waals surface area contributed by atoms with Crippen LogP contribution in [0.4, 0.5) is 0 Å². The number of aromatic nitrogens is 1. The molecule has 0 unspecified atom stereocenters. The summed E-state index contributed by atoms with van der Waals surface area (Å²) in [6.07, 6.45) is 0.410. The van der Waals surface area contributed by atoms with Crippen LogP contribution in [0.3, 0.4) is 0 Å². The van der Waals surface area contributed by atoms with Crippen LogP contribution in [0.5, 0.6) is 5.75 Å². The highest BCUT2D eigenvalue weighted by Crippen LogP contribution is 2.32. The minimum atomic E-state index is -0.595. The number of Topliss-reactive ketones (excluding diaryl/α,β-unsaturated/α-hetero) is 1. The Morgan fingerprint density at radius 3 is 2.51 bits per heavy atom. The van der Waals surface area contributed by atoms with Gasteiger partial charge in [-0.2, -0.15) is 0 Å². The van der Waals surface area contributed by atoms with Crippen LogP contribution < -0.4 is 4.74 Å². The molecule has 35 heavy (non-hydrogen) atoms. The second kappa shape index (κ2) is 9.68. The average Bonchev–Trinajstić information content (AvgIpc) is 3.14. The van der Waals surface area contributed by atoms with Crippen LogP contribution in [-0.4, -0.2) is 46.2 Å². The summed E-state index contributed by atoms with van der Waals surface area (Å²) in [6, 6.07) is 22.6. The Labute approximate surface area is 206 Å². The first-order chi connectivity index (χ1) is 16.9. The lowest BCUT2D eigenvalue weighted by Crippen LogP contribution is -2.38. The topological polar surface area (TPSA) is 54.7 Å². The van der Waals surface area contributed by atoms with Crippen LogP contribution in [0.25, 0.3) is 16.6 Å². The molecule has 1 atom stereocenters. The molecule has 3 aromatic carbocycles. The van der Waals surface area contributed by atoms with Crippen molar-refractivity contribution in [2.75, 3.05) is 19.7 Å². The van der Waals surface area contributed by atoms with Crippen molar-refractivity contribution < 1.29 is 14.6 Å². The third kappa shape index (κ3) is 4.75. The highest BCUT2D eigenvalue weighted by Gasteiger charge is 2.21. The van der Waals surface area contributed by atoms with Crippen molar-refractivity contribution in [1.82, 2.24) is 9.47 Å². The zero-order valence-corrected chi connectivity index (χ0v) is 20.6. The van der Waals surface area contributed by atoms with Gasteiger partial charge in [-0.3, -0.25) is 9.69 Å². The van der Waals surface area contributed by atoms with E-state index in [4.69, 9.17) is 4.74 Å². The first-order valence-corrected chi connectivity index (χ1v) is 12.2. The summed E-state index contributed by atoms with van der Waals surface area (Å²) in [5.41, 5.74) is 7.55. The van der Waals surface area contributed by atoms with E-state index in [1.807, 2.05) is 25.1 Å². The van der Waals surface area contributed by atoms with Crippen LogP contribution in [0, 0.1) is 13.8 Å². The molecule has 0 bridgehead atoms. The first kappa shape index (κ1) is 23.3. The smallest absolute Gasteiger partial charge is 0.162 e. The second-order valence-electron chi connectivity index (χ2n) is 9.59. The number of aryl methyl sites for hydroxylation is 1. The molecule has 0 aliphatic carbocycles. The molecule has 0 fully saturated rings. The predicted molar refractivity (Wildman–Crippen MR) is 140 cm³/mol. The summed E-state index contributed by atoms with van der Waals surface area (Å²) in [4.78, 5) is 14.8. The minimum absolute atomic E-state index is 0.0286. The number of carbonyl (C=O) groups is 1. The normalized spacial score (nSPS) is 14.6. The quantitative estimate of drug-likeness (QED) is 0.377. The number of ketones is 1. The summed E-state index contributed by atoms with van der Waals surface area (Å²) < 4.78 is 8.12. The lowest BCUT2D eigenvalue weighted by molar-refractivity contribution is 0.0638. The first-order valence-electron chi connectivity index (χ1n) is 12.2. The number of hydrogen-bond acceptors (Lipinski definition) is 4. The Morgan fingerprint density at radius 1 is 1.03 bits per heavy atom. The monoisotopic (exact) mass is 468 g/mol. The van der Waals surface area contributed by atoms with E-state index in [1.165, 1.54) is 16.7 Å². The molecule has 0 amide bonds. The number of carbonyl (C=O) groups excluding carboxylic acids is 1. The van der Waals surface area contributed by atoms with E-state index < -0.39 is 6.10 Å². The van der Waals surface area contributed by atoms with Gasteiger partial charge in [0.05, 0.1) is 5.52 Å². The summed E-state index contributed by atoms with van der Waals surface area (Å²) in [6.45, 7) is 8.22. The lowest BCUT2D eigenvalue weighted by Gasteiger charge is -2.30. The third-order valence-electron chi connectivity index (χ3n) is 6.94. The van der Waals surface area contributed by atoms with E-state index in [0.717, 1.165) is 41.8 Å². The van der Waals surface area contributed by atoms with Gasteiger partial charge in [-0.25, -0.2) is 0 Å². The van der Waals surface area contributed by atoms with E-state index in [9.17, 15) is 9.90 Å². The van der Waals surface area contributed by atoms with Gasteiger partial charge >= 0.3 is 0 Å². The van der Waals surface area contributed by atoms with Crippen LogP contribution in [0.15, 0.2) is 66.7 Å². The maximum atomic E-state index is 12.6. The molecule has 1 N–H and O–H groups in total. The number of fused-ring (bicyclic) bond motifs is 2. The number of rotatable bonds is 7. The summed E-state index contributed by atoms with van der Waals surface area (Å²) in [5.74, 6) is 0.685. The van der Waals surface area contributed by atoms with Gasteiger partial charge in [0.15, 0.2) is 5.78 Å². The van der Waals surface area contributed by atoms with E-state index in [1.54, 1.807) is 6.92 Å². The highest BCUT2D eigenvalue weighted by atomic mass is 16.5. The Bertz CT molecular complexity index is 1370. The van der Waals surface area contributed by atoms with Crippen LogP contribution in [0.1, 0.15) is 39.7 Å². The molecule has 5 nitrogen and oxygen atoms in total. The maximum Gasteiger partial charge on any atom is 0.162 e. The minimum Gasteiger partial charge on any atom is -0.491 e. The van der Waals surface area contributed by atoms with Crippen molar-refractivity contribution >= 4 is 16.7 Å². The number of β-amino-alcohol motifs (C(OH)–C–C–N with tert-alkyl or cyclic N) is 1. The standard InChI is InChI=1S/C30H32N2O3/c1-20-8-10-25(11-9-20)32-21(2)30(22(3)33)28-16-27(12-13-29(28)32)35-19-26(34)18-31-15-14-23-6-4-5-7-24(23)17-31/h4-13,16,26,34H,14-15,17-19H2,1-3H3/t26-/m0/s1. The van der Waals surface area contributed by atoms with E-state index in [-0.39, 0.29) is 12.4 Å². The van der Waals surface area contributed by atoms with Crippen molar-refractivity contribution in [3.63, 3.8) is 0 Å². The Balaban J connectivity index is 1.33. The van der Waals surface area contributed by atoms with Gasteiger partial charge in [0.2, 0.25) is 0 Å². The molecule has 1 aromatic heterocycles. The highest BCUT2D eigenvalue weighted by molar-refractivity contribution is 6.09. The Kier molecular flexibility index (Phi) is 6.46. The second-order valence-corrected chi connectivity index (χ2v) is 9.59. The van der Waals surface area contributed by atoms with Crippen molar-refractivity contribution in [1.29, 1.82) is 0 Å². The molecule has 0 radical (unpaired) electrons. The van der Waals surface area contributed by atoms with E-state index in [2.05, 4.69) is 64.9 Å². The van der Waals surface area contributed by atoms with Gasteiger partial charge in [0.1, 0.15) is 18.5 Å². The van der Waals surface area contributed by atoms with Crippen LogP contribution in [0.2, 0.25) is 0 Å². The van der Waals surface area contributed by atoms with Gasteiger partial charge in [-0.05, 0) is 68.7 Å². The molecule has 1 aliphatic rings. The fraction of sp³-hybridized carbons (Fsp3) is 0.300. The molecule has 180 valence electrons. The van der Waals surface area contributed by atoms with Gasteiger partial charge < -0.3 is 14.4 Å². The zero-order valence-electron chi connectivity index (χ0n) is 20.6. The number of nitrogens with zero attached hydrogens (tertiary/aromatic N) is 2. The van der Waals surface area contributed by atoms with Crippen molar-refractivity contribution in [2.45, 2.75) is 39.8 Å².